The monoisotopic (exact) mass is 433 g/mol. The Bertz CT molecular complexity index is 1090. The Morgan fingerprint density at radius 1 is 1.03 bits per heavy atom. The molecule has 0 amide bonds. The predicted molar refractivity (Wildman–Crippen MR) is 130 cm³/mol. The highest BCUT2D eigenvalue weighted by atomic mass is 19.1. The molecule has 0 atom stereocenters. The number of rotatable bonds is 5. The number of aromatic nitrogens is 1. The molecule has 0 unspecified atom stereocenters. The number of benzene rings is 2. The van der Waals surface area contributed by atoms with E-state index in [2.05, 4.69) is 51.6 Å². The largest absolute Gasteiger partial charge is 0.383 e. The first-order valence-electron chi connectivity index (χ1n) is 11.8. The lowest BCUT2D eigenvalue weighted by molar-refractivity contribution is 0.249. The molecule has 2 aliphatic heterocycles. The number of piperazine rings is 1. The van der Waals surface area contributed by atoms with Gasteiger partial charge in [-0.15, -0.1) is 0 Å². The predicted octanol–water partition coefficient (Wildman–Crippen LogP) is 3.95. The first kappa shape index (κ1) is 21.2. The van der Waals surface area contributed by atoms with Gasteiger partial charge in [0.2, 0.25) is 0 Å². The van der Waals surface area contributed by atoms with Crippen LogP contribution < -0.4 is 15.5 Å². The van der Waals surface area contributed by atoms with Crippen LogP contribution in [0.4, 0.5) is 15.9 Å². The zero-order valence-electron chi connectivity index (χ0n) is 18.8. The van der Waals surface area contributed by atoms with Gasteiger partial charge >= 0.3 is 0 Å². The molecule has 0 aliphatic carbocycles. The number of nitrogens with zero attached hydrogens (tertiary/aromatic N) is 3. The molecule has 168 valence electrons. The van der Waals surface area contributed by atoms with Gasteiger partial charge in [-0.25, -0.2) is 9.37 Å². The molecule has 3 aromatic rings. The summed E-state index contributed by atoms with van der Waals surface area (Å²) in [4.78, 5) is 9.81. The van der Waals surface area contributed by atoms with E-state index in [1.54, 1.807) is 12.1 Å². The Hall–Kier alpha value is -2.70. The summed E-state index contributed by atoms with van der Waals surface area (Å²) < 4.78 is 13.9. The molecule has 0 bridgehead atoms. The van der Waals surface area contributed by atoms with Crippen LogP contribution in [0.3, 0.4) is 0 Å². The minimum Gasteiger partial charge on any atom is -0.383 e. The fourth-order valence-corrected chi connectivity index (χ4v) is 4.84. The summed E-state index contributed by atoms with van der Waals surface area (Å²) in [6, 6.07) is 13.8. The number of hydrogen-bond acceptors (Lipinski definition) is 5. The Morgan fingerprint density at radius 2 is 1.91 bits per heavy atom. The molecule has 1 fully saturated rings. The number of fused-ring (bicyclic) bond motifs is 2. The maximum atomic E-state index is 13.9. The second kappa shape index (κ2) is 9.43. The van der Waals surface area contributed by atoms with Crippen molar-refractivity contribution in [3.05, 3.63) is 65.0 Å². The number of hydrogen-bond donors (Lipinski definition) is 2. The third-order valence-electron chi connectivity index (χ3n) is 6.63. The molecule has 5 rings (SSSR count). The number of nitrogens with one attached hydrogen (secondary N) is 2. The summed E-state index contributed by atoms with van der Waals surface area (Å²) in [7, 11) is 0. The summed E-state index contributed by atoms with van der Waals surface area (Å²) in [6.07, 6.45) is 2.02. The maximum Gasteiger partial charge on any atom is 0.131 e. The van der Waals surface area contributed by atoms with Crippen molar-refractivity contribution in [2.24, 2.45) is 0 Å². The molecule has 0 spiro atoms. The summed E-state index contributed by atoms with van der Waals surface area (Å²) >= 11 is 0. The van der Waals surface area contributed by atoms with Crippen LogP contribution >= 0.6 is 0 Å². The molecule has 0 radical (unpaired) electrons. The highest BCUT2D eigenvalue weighted by Crippen LogP contribution is 2.30. The smallest absolute Gasteiger partial charge is 0.131 e. The molecule has 5 nitrogen and oxygen atoms in total. The van der Waals surface area contributed by atoms with Crippen molar-refractivity contribution < 1.29 is 4.39 Å². The number of halogens is 1. The van der Waals surface area contributed by atoms with Crippen LogP contribution in [-0.4, -0.2) is 55.7 Å². The zero-order chi connectivity index (χ0) is 21.9. The number of aryl methyl sites for hydroxylation is 2. The molecule has 2 aliphatic rings. The van der Waals surface area contributed by atoms with Gasteiger partial charge in [0.25, 0.3) is 0 Å². The number of pyridine rings is 1. The lowest BCUT2D eigenvalue weighted by Gasteiger charge is -2.27. The van der Waals surface area contributed by atoms with Crippen LogP contribution in [0.1, 0.15) is 23.1 Å². The second-order valence-electron chi connectivity index (χ2n) is 9.01. The van der Waals surface area contributed by atoms with Crippen LogP contribution in [0.15, 0.2) is 42.5 Å². The minimum absolute atomic E-state index is 0.164. The highest BCUT2D eigenvalue weighted by Gasteiger charge is 2.18. The molecule has 32 heavy (non-hydrogen) atoms. The third-order valence-corrected chi connectivity index (χ3v) is 6.63. The molecule has 1 saturated heterocycles. The summed E-state index contributed by atoms with van der Waals surface area (Å²) in [5, 5.41) is 8.27. The van der Waals surface area contributed by atoms with Crippen molar-refractivity contribution in [2.45, 2.75) is 26.3 Å². The van der Waals surface area contributed by atoms with Crippen molar-refractivity contribution >= 4 is 22.4 Å². The van der Waals surface area contributed by atoms with E-state index >= 15 is 0 Å². The summed E-state index contributed by atoms with van der Waals surface area (Å²) in [6.45, 7) is 10.0. The highest BCUT2D eigenvalue weighted by molar-refractivity contribution is 5.93. The van der Waals surface area contributed by atoms with E-state index in [9.17, 15) is 4.39 Å². The van der Waals surface area contributed by atoms with Gasteiger partial charge < -0.3 is 15.5 Å². The Labute approximate surface area is 189 Å². The van der Waals surface area contributed by atoms with E-state index in [1.165, 1.54) is 11.1 Å². The average molecular weight is 434 g/mol. The van der Waals surface area contributed by atoms with Gasteiger partial charge in [-0.2, -0.15) is 0 Å². The molecular formula is C26H32FN5. The molecule has 2 N–H and O–H groups in total. The molecule has 0 saturated carbocycles. The minimum atomic E-state index is -0.164. The molecule has 3 heterocycles. The topological polar surface area (TPSA) is 43.4 Å². The fourth-order valence-electron chi connectivity index (χ4n) is 4.84. The van der Waals surface area contributed by atoms with Gasteiger partial charge in [-0.3, -0.25) is 4.90 Å². The van der Waals surface area contributed by atoms with Crippen molar-refractivity contribution in [1.82, 2.24) is 15.2 Å². The van der Waals surface area contributed by atoms with Gasteiger partial charge in [-0.05, 0) is 55.2 Å². The van der Waals surface area contributed by atoms with Crippen LogP contribution in [0, 0.1) is 12.7 Å². The standard InChI is InChI=1S/C26H32FN5/c1-19-4-7-24-23(15-19)25(29-10-14-31-12-8-28-9-13-31)17-26(30-24)32-11-2-3-20-5-6-22(27)16-21(20)18-32/h4-7,15-17,28H,2-3,8-14,18H2,1H3,(H,29,30). The average Bonchev–Trinajstić information content (AvgIpc) is 3.02. The molecule has 6 heteroatoms. The third kappa shape index (κ3) is 4.71. The van der Waals surface area contributed by atoms with E-state index < -0.39 is 0 Å². The summed E-state index contributed by atoms with van der Waals surface area (Å²) in [5.41, 5.74) is 5.69. The zero-order valence-corrected chi connectivity index (χ0v) is 18.8. The SMILES string of the molecule is Cc1ccc2nc(N3CCCc4ccc(F)cc4C3)cc(NCCN3CCNCC3)c2c1. The van der Waals surface area contributed by atoms with Crippen molar-refractivity contribution in [2.75, 3.05) is 56.0 Å². The first-order chi connectivity index (χ1) is 15.7. The Kier molecular flexibility index (Phi) is 6.23. The second-order valence-corrected chi connectivity index (χ2v) is 9.01. The molecule has 1 aromatic heterocycles. The van der Waals surface area contributed by atoms with Crippen LogP contribution in [0.25, 0.3) is 10.9 Å². The van der Waals surface area contributed by atoms with Gasteiger partial charge in [-0.1, -0.05) is 17.7 Å². The Balaban J connectivity index is 1.42. The van der Waals surface area contributed by atoms with Crippen molar-refractivity contribution in [1.29, 1.82) is 0 Å². The van der Waals surface area contributed by atoms with Gasteiger partial charge in [0.05, 0.1) is 5.52 Å². The first-order valence-corrected chi connectivity index (χ1v) is 11.8. The van der Waals surface area contributed by atoms with E-state index in [-0.39, 0.29) is 5.82 Å². The normalized spacial score (nSPS) is 17.2. The summed E-state index contributed by atoms with van der Waals surface area (Å²) in [5.74, 6) is 0.797. The maximum absolute atomic E-state index is 13.9. The quantitative estimate of drug-likeness (QED) is 0.638. The van der Waals surface area contributed by atoms with Crippen LogP contribution in [0.2, 0.25) is 0 Å². The van der Waals surface area contributed by atoms with E-state index in [4.69, 9.17) is 4.98 Å². The molecule has 2 aromatic carbocycles. The van der Waals surface area contributed by atoms with Crippen molar-refractivity contribution in [3.8, 4) is 0 Å². The van der Waals surface area contributed by atoms with Gasteiger partial charge in [0.15, 0.2) is 0 Å². The van der Waals surface area contributed by atoms with E-state index in [0.717, 1.165) is 86.6 Å². The number of anilines is 2. The van der Waals surface area contributed by atoms with Crippen LogP contribution in [-0.2, 0) is 13.0 Å². The Morgan fingerprint density at radius 3 is 2.78 bits per heavy atom. The van der Waals surface area contributed by atoms with Crippen LogP contribution in [0.5, 0.6) is 0 Å². The fraction of sp³-hybridized carbons (Fsp3) is 0.423. The molecular weight excluding hydrogens is 401 g/mol. The van der Waals surface area contributed by atoms with Gasteiger partial charge in [0, 0.05) is 69.5 Å². The lowest BCUT2D eigenvalue weighted by Crippen LogP contribution is -2.45. The lowest BCUT2D eigenvalue weighted by atomic mass is 10.0. The van der Waals surface area contributed by atoms with E-state index in [1.807, 2.05) is 6.07 Å². The van der Waals surface area contributed by atoms with Crippen molar-refractivity contribution in [3.63, 3.8) is 0 Å². The van der Waals surface area contributed by atoms with Gasteiger partial charge in [0.1, 0.15) is 11.6 Å². The van der Waals surface area contributed by atoms with E-state index in [0.29, 0.717) is 6.54 Å².